The number of ether oxygens (including phenoxy) is 1. The van der Waals surface area contributed by atoms with E-state index in [0.29, 0.717) is 6.54 Å². The molecule has 0 aliphatic carbocycles. The highest BCUT2D eigenvalue weighted by Crippen LogP contribution is 2.19. The average Bonchev–Trinajstić information content (AvgIpc) is 2.44. The van der Waals surface area contributed by atoms with Gasteiger partial charge in [0.1, 0.15) is 5.60 Å². The number of amides is 1. The smallest absolute Gasteiger partial charge is 0.408 e. The minimum atomic E-state index is -0.468. The molecule has 1 heterocycles. The molecule has 0 bridgehead atoms. The molecule has 0 radical (unpaired) electrons. The van der Waals surface area contributed by atoms with Crippen LogP contribution in [0, 0.1) is 0 Å². The predicted molar refractivity (Wildman–Crippen MR) is 63.3 cm³/mol. The Balaban J connectivity index is 2.54. The van der Waals surface area contributed by atoms with Gasteiger partial charge in [-0.3, -0.25) is 0 Å². The Morgan fingerprint density at radius 2 is 2.19 bits per heavy atom. The summed E-state index contributed by atoms with van der Waals surface area (Å²) in [7, 11) is 2.02. The third kappa shape index (κ3) is 3.64. The van der Waals surface area contributed by atoms with E-state index in [9.17, 15) is 4.79 Å². The van der Waals surface area contributed by atoms with Crippen molar-refractivity contribution in [2.75, 3.05) is 26.7 Å². The number of hydrogen-bond acceptors (Lipinski definition) is 4. The third-order valence-electron chi connectivity index (χ3n) is 2.70. The van der Waals surface area contributed by atoms with Gasteiger partial charge in [0, 0.05) is 19.6 Å². The number of nitrogens with one attached hydrogen (secondary N) is 1. The number of carbonyl (C=O) groups excluding carboxylic acids is 1. The first-order valence-corrected chi connectivity index (χ1v) is 5.66. The van der Waals surface area contributed by atoms with E-state index in [4.69, 9.17) is 10.5 Å². The minimum absolute atomic E-state index is 0.322. The minimum Gasteiger partial charge on any atom is -0.444 e. The van der Waals surface area contributed by atoms with Crippen molar-refractivity contribution < 1.29 is 9.53 Å². The number of likely N-dealkylation sites (tertiary alicyclic amines) is 1. The van der Waals surface area contributed by atoms with Crippen LogP contribution >= 0.6 is 0 Å². The van der Waals surface area contributed by atoms with Crippen LogP contribution in [0.4, 0.5) is 4.79 Å². The average molecular weight is 229 g/mol. The molecular weight excluding hydrogens is 206 g/mol. The molecule has 0 spiro atoms. The van der Waals surface area contributed by atoms with Gasteiger partial charge in [0.2, 0.25) is 0 Å². The molecule has 0 saturated carbocycles. The van der Waals surface area contributed by atoms with Crippen molar-refractivity contribution in [3.8, 4) is 0 Å². The maximum Gasteiger partial charge on any atom is 0.408 e. The Labute approximate surface area is 97.3 Å². The number of nitrogens with zero attached hydrogens (tertiary/aromatic N) is 1. The monoisotopic (exact) mass is 229 g/mol. The Hall–Kier alpha value is -0.810. The lowest BCUT2D eigenvalue weighted by Crippen LogP contribution is -2.56. The van der Waals surface area contributed by atoms with Gasteiger partial charge in [-0.25, -0.2) is 4.79 Å². The lowest BCUT2D eigenvalue weighted by atomic mass is 9.99. The Bertz CT molecular complexity index is 262. The summed E-state index contributed by atoms with van der Waals surface area (Å²) < 4.78 is 5.24. The standard InChI is InChI=1S/C11H23N3O2/c1-10(2,3)16-9(15)13-11(7-12)5-6-14(4)8-11/h5-8,12H2,1-4H3,(H,13,15). The molecule has 1 atom stereocenters. The summed E-state index contributed by atoms with van der Waals surface area (Å²) in [4.78, 5) is 13.8. The van der Waals surface area contributed by atoms with Gasteiger partial charge in [-0.2, -0.15) is 0 Å². The molecule has 1 amide bonds. The quantitative estimate of drug-likeness (QED) is 0.725. The van der Waals surface area contributed by atoms with Crippen LogP contribution in [0.5, 0.6) is 0 Å². The van der Waals surface area contributed by atoms with E-state index in [-0.39, 0.29) is 11.6 Å². The molecule has 16 heavy (non-hydrogen) atoms. The zero-order valence-electron chi connectivity index (χ0n) is 10.7. The highest BCUT2D eigenvalue weighted by atomic mass is 16.6. The van der Waals surface area contributed by atoms with E-state index >= 15 is 0 Å². The Morgan fingerprint density at radius 3 is 2.56 bits per heavy atom. The summed E-state index contributed by atoms with van der Waals surface area (Å²) in [6.07, 6.45) is 0.493. The van der Waals surface area contributed by atoms with Crippen molar-refractivity contribution in [1.82, 2.24) is 10.2 Å². The maximum absolute atomic E-state index is 11.7. The Kier molecular flexibility index (Phi) is 3.80. The topological polar surface area (TPSA) is 67.6 Å². The van der Waals surface area contributed by atoms with E-state index in [1.807, 2.05) is 27.8 Å². The molecular formula is C11H23N3O2. The van der Waals surface area contributed by atoms with E-state index in [1.165, 1.54) is 0 Å². The SMILES string of the molecule is CN1CCC(CN)(NC(=O)OC(C)(C)C)C1. The van der Waals surface area contributed by atoms with Gasteiger partial charge in [0.05, 0.1) is 5.54 Å². The van der Waals surface area contributed by atoms with E-state index < -0.39 is 5.60 Å². The predicted octanol–water partition coefficient (Wildman–Crippen LogP) is 0.544. The molecule has 1 fully saturated rings. The van der Waals surface area contributed by atoms with Crippen LogP contribution in [-0.4, -0.2) is 48.8 Å². The third-order valence-corrected chi connectivity index (χ3v) is 2.70. The van der Waals surface area contributed by atoms with Crippen molar-refractivity contribution in [1.29, 1.82) is 0 Å². The highest BCUT2D eigenvalue weighted by molar-refractivity contribution is 5.69. The molecule has 1 unspecified atom stereocenters. The molecule has 1 saturated heterocycles. The molecule has 94 valence electrons. The van der Waals surface area contributed by atoms with Crippen LogP contribution in [0.25, 0.3) is 0 Å². The lowest BCUT2D eigenvalue weighted by Gasteiger charge is -2.30. The summed E-state index contributed by atoms with van der Waals surface area (Å²) in [5.74, 6) is 0. The van der Waals surface area contributed by atoms with E-state index in [0.717, 1.165) is 19.5 Å². The molecule has 1 rings (SSSR count). The number of nitrogens with two attached hydrogens (primary N) is 1. The van der Waals surface area contributed by atoms with Crippen LogP contribution in [0.3, 0.4) is 0 Å². The first kappa shape index (κ1) is 13.3. The van der Waals surface area contributed by atoms with Gasteiger partial charge < -0.3 is 20.7 Å². The first-order chi connectivity index (χ1) is 7.26. The summed E-state index contributed by atoms with van der Waals surface area (Å²) in [5.41, 5.74) is 4.96. The van der Waals surface area contributed by atoms with Crippen LogP contribution in [0.2, 0.25) is 0 Å². The normalized spacial score (nSPS) is 26.8. The zero-order chi connectivity index (χ0) is 12.4. The summed E-state index contributed by atoms with van der Waals surface area (Å²) in [5, 5.41) is 2.90. The van der Waals surface area contributed by atoms with Gasteiger partial charge in [-0.1, -0.05) is 0 Å². The molecule has 3 N–H and O–H groups in total. The van der Waals surface area contributed by atoms with Gasteiger partial charge in [-0.05, 0) is 34.2 Å². The summed E-state index contributed by atoms with van der Waals surface area (Å²) >= 11 is 0. The number of rotatable bonds is 2. The van der Waals surface area contributed by atoms with Crippen molar-refractivity contribution in [2.45, 2.75) is 38.3 Å². The lowest BCUT2D eigenvalue weighted by molar-refractivity contribution is 0.0463. The van der Waals surface area contributed by atoms with Crippen LogP contribution in [0.1, 0.15) is 27.2 Å². The summed E-state index contributed by atoms with van der Waals surface area (Å²) in [6.45, 7) is 7.72. The van der Waals surface area contributed by atoms with Crippen molar-refractivity contribution in [2.24, 2.45) is 5.73 Å². The number of hydrogen-bond donors (Lipinski definition) is 2. The molecule has 1 aliphatic heterocycles. The van der Waals surface area contributed by atoms with Crippen LogP contribution in [0.15, 0.2) is 0 Å². The maximum atomic E-state index is 11.7. The molecule has 0 aromatic heterocycles. The van der Waals surface area contributed by atoms with Gasteiger partial charge >= 0.3 is 6.09 Å². The number of alkyl carbamates (subject to hydrolysis) is 1. The fourth-order valence-corrected chi connectivity index (χ4v) is 1.92. The molecule has 0 aromatic rings. The number of likely N-dealkylation sites (N-methyl/N-ethyl adjacent to an activating group) is 1. The molecule has 1 aliphatic rings. The second-order valence-corrected chi connectivity index (χ2v) is 5.60. The Morgan fingerprint density at radius 1 is 1.56 bits per heavy atom. The fourth-order valence-electron chi connectivity index (χ4n) is 1.92. The second kappa shape index (κ2) is 4.59. The first-order valence-electron chi connectivity index (χ1n) is 5.66. The largest absolute Gasteiger partial charge is 0.444 e. The van der Waals surface area contributed by atoms with E-state index in [1.54, 1.807) is 0 Å². The summed E-state index contributed by atoms with van der Waals surface area (Å²) in [6, 6.07) is 0. The fraction of sp³-hybridized carbons (Fsp3) is 0.909. The molecule has 0 aromatic carbocycles. The van der Waals surface area contributed by atoms with Gasteiger partial charge in [0.15, 0.2) is 0 Å². The van der Waals surface area contributed by atoms with Crippen LogP contribution in [-0.2, 0) is 4.74 Å². The molecule has 5 heteroatoms. The van der Waals surface area contributed by atoms with Crippen molar-refractivity contribution in [3.05, 3.63) is 0 Å². The molecule has 5 nitrogen and oxygen atoms in total. The zero-order valence-corrected chi connectivity index (χ0v) is 10.7. The van der Waals surface area contributed by atoms with E-state index in [2.05, 4.69) is 10.2 Å². The number of carbonyl (C=O) groups is 1. The van der Waals surface area contributed by atoms with Crippen molar-refractivity contribution in [3.63, 3.8) is 0 Å². The second-order valence-electron chi connectivity index (χ2n) is 5.60. The highest BCUT2D eigenvalue weighted by Gasteiger charge is 2.37. The van der Waals surface area contributed by atoms with Crippen molar-refractivity contribution >= 4 is 6.09 Å². The van der Waals surface area contributed by atoms with Gasteiger partial charge in [-0.15, -0.1) is 0 Å². The van der Waals surface area contributed by atoms with Gasteiger partial charge in [0.25, 0.3) is 0 Å². The van der Waals surface area contributed by atoms with Crippen LogP contribution < -0.4 is 11.1 Å².